The van der Waals surface area contributed by atoms with E-state index in [2.05, 4.69) is 15.9 Å². The lowest BCUT2D eigenvalue weighted by atomic mass is 9.93. The van der Waals surface area contributed by atoms with Crippen LogP contribution in [-0.4, -0.2) is 11.7 Å². The summed E-state index contributed by atoms with van der Waals surface area (Å²) in [6, 6.07) is 15.7. The summed E-state index contributed by atoms with van der Waals surface area (Å²) < 4.78 is 1.02. The predicted molar refractivity (Wildman–Crippen MR) is 79.1 cm³/mol. The van der Waals surface area contributed by atoms with Gasteiger partial charge in [-0.05, 0) is 29.7 Å². The van der Waals surface area contributed by atoms with E-state index in [-0.39, 0.29) is 12.5 Å². The van der Waals surface area contributed by atoms with Gasteiger partial charge in [-0.15, -0.1) is 0 Å². The molecule has 0 saturated heterocycles. The van der Waals surface area contributed by atoms with Crippen LogP contribution in [0, 0.1) is 0 Å². The van der Waals surface area contributed by atoms with Gasteiger partial charge in [-0.1, -0.05) is 63.9 Å². The molecule has 0 spiro atoms. The van der Waals surface area contributed by atoms with Crippen LogP contribution in [0.25, 0.3) is 0 Å². The summed E-state index contributed by atoms with van der Waals surface area (Å²) in [6.45, 7) is 0.105. The quantitative estimate of drug-likeness (QED) is 0.882. The first kappa shape index (κ1) is 13.6. The average molecular weight is 326 g/mol. The average Bonchev–Trinajstić information content (AvgIpc) is 2.39. The van der Waals surface area contributed by atoms with Gasteiger partial charge in [0.05, 0.1) is 6.61 Å². The van der Waals surface area contributed by atoms with Gasteiger partial charge >= 0.3 is 0 Å². The molecule has 0 amide bonds. The third-order valence-corrected chi connectivity index (χ3v) is 4.08. The molecule has 0 aliphatic rings. The minimum atomic E-state index is 0.0560. The Bertz CT molecular complexity index is 527. The summed E-state index contributed by atoms with van der Waals surface area (Å²) in [5.41, 5.74) is 2.17. The number of hydrogen-bond acceptors (Lipinski definition) is 1. The lowest BCUT2D eigenvalue weighted by molar-refractivity contribution is 0.264. The van der Waals surface area contributed by atoms with Gasteiger partial charge in [0.15, 0.2) is 0 Å². The first-order valence-electron chi connectivity index (χ1n) is 5.81. The topological polar surface area (TPSA) is 20.2 Å². The van der Waals surface area contributed by atoms with Crippen molar-refractivity contribution in [3.05, 3.63) is 69.2 Å². The Labute approximate surface area is 121 Å². The van der Waals surface area contributed by atoms with E-state index in [1.54, 1.807) is 0 Å². The molecule has 0 aliphatic carbocycles. The number of benzene rings is 2. The Balaban J connectivity index is 2.26. The molecule has 3 heteroatoms. The van der Waals surface area contributed by atoms with Crippen molar-refractivity contribution in [2.24, 2.45) is 0 Å². The first-order valence-corrected chi connectivity index (χ1v) is 6.98. The molecular formula is C15H14BrClO. The SMILES string of the molecule is OCC(Cc1ccccc1Cl)c1ccccc1Br. The summed E-state index contributed by atoms with van der Waals surface area (Å²) >= 11 is 9.68. The second kappa shape index (κ2) is 6.37. The maximum Gasteiger partial charge on any atom is 0.0503 e. The van der Waals surface area contributed by atoms with Gasteiger partial charge in [0.1, 0.15) is 0 Å². The lowest BCUT2D eigenvalue weighted by Gasteiger charge is -2.17. The van der Waals surface area contributed by atoms with Crippen molar-refractivity contribution in [1.82, 2.24) is 0 Å². The Morgan fingerprint density at radius 2 is 1.72 bits per heavy atom. The largest absolute Gasteiger partial charge is 0.396 e. The Morgan fingerprint density at radius 3 is 2.39 bits per heavy atom. The van der Waals surface area contributed by atoms with Crippen LogP contribution in [0.1, 0.15) is 17.0 Å². The molecule has 0 heterocycles. The fraction of sp³-hybridized carbons (Fsp3) is 0.200. The highest BCUT2D eigenvalue weighted by atomic mass is 79.9. The molecule has 2 rings (SSSR count). The molecule has 1 unspecified atom stereocenters. The standard InChI is InChI=1S/C15H14BrClO/c16-14-7-3-2-6-13(14)12(10-18)9-11-5-1-4-8-15(11)17/h1-8,12,18H,9-10H2. The number of aliphatic hydroxyl groups excluding tert-OH is 1. The Kier molecular flexibility index (Phi) is 4.81. The van der Waals surface area contributed by atoms with Crippen LogP contribution in [0.15, 0.2) is 53.0 Å². The Hall–Kier alpha value is -0.830. The van der Waals surface area contributed by atoms with E-state index >= 15 is 0 Å². The molecule has 2 aromatic rings. The molecule has 0 bridgehead atoms. The fourth-order valence-corrected chi connectivity index (χ4v) is 2.83. The zero-order valence-corrected chi connectivity index (χ0v) is 12.2. The highest BCUT2D eigenvalue weighted by molar-refractivity contribution is 9.10. The van der Waals surface area contributed by atoms with E-state index in [0.717, 1.165) is 27.0 Å². The Morgan fingerprint density at radius 1 is 1.06 bits per heavy atom. The molecule has 0 aromatic heterocycles. The highest BCUT2D eigenvalue weighted by Crippen LogP contribution is 2.29. The normalized spacial score (nSPS) is 12.4. The van der Waals surface area contributed by atoms with E-state index in [4.69, 9.17) is 11.6 Å². The van der Waals surface area contributed by atoms with Gasteiger partial charge in [0.25, 0.3) is 0 Å². The smallest absolute Gasteiger partial charge is 0.0503 e. The van der Waals surface area contributed by atoms with Gasteiger partial charge in [-0.3, -0.25) is 0 Å². The number of hydrogen-bond donors (Lipinski definition) is 1. The van der Waals surface area contributed by atoms with Gasteiger partial charge < -0.3 is 5.11 Å². The third-order valence-electron chi connectivity index (χ3n) is 2.99. The second-order valence-electron chi connectivity index (χ2n) is 4.20. The van der Waals surface area contributed by atoms with Crippen molar-refractivity contribution in [2.75, 3.05) is 6.61 Å². The van der Waals surface area contributed by atoms with Crippen molar-refractivity contribution in [2.45, 2.75) is 12.3 Å². The molecule has 2 aromatic carbocycles. The molecule has 1 atom stereocenters. The van der Waals surface area contributed by atoms with Crippen molar-refractivity contribution >= 4 is 27.5 Å². The number of halogens is 2. The van der Waals surface area contributed by atoms with Crippen LogP contribution in [0.4, 0.5) is 0 Å². The van der Waals surface area contributed by atoms with Gasteiger partial charge in [-0.25, -0.2) is 0 Å². The first-order chi connectivity index (χ1) is 8.72. The maximum absolute atomic E-state index is 9.59. The molecule has 1 N–H and O–H groups in total. The summed E-state index contributed by atoms with van der Waals surface area (Å²) in [5.74, 6) is 0.0560. The van der Waals surface area contributed by atoms with E-state index in [9.17, 15) is 5.11 Å². The van der Waals surface area contributed by atoms with E-state index in [1.807, 2.05) is 48.5 Å². The van der Waals surface area contributed by atoms with E-state index < -0.39 is 0 Å². The van der Waals surface area contributed by atoms with Crippen LogP contribution in [0.5, 0.6) is 0 Å². The van der Waals surface area contributed by atoms with Crippen LogP contribution < -0.4 is 0 Å². The van der Waals surface area contributed by atoms with Crippen LogP contribution in [-0.2, 0) is 6.42 Å². The minimum absolute atomic E-state index is 0.0560. The summed E-state index contributed by atoms with van der Waals surface area (Å²) in [6.07, 6.45) is 0.735. The highest BCUT2D eigenvalue weighted by Gasteiger charge is 2.15. The summed E-state index contributed by atoms with van der Waals surface area (Å²) in [5, 5.41) is 10.3. The van der Waals surface area contributed by atoms with Crippen LogP contribution >= 0.6 is 27.5 Å². The zero-order chi connectivity index (χ0) is 13.0. The zero-order valence-electron chi connectivity index (χ0n) is 9.81. The molecular weight excluding hydrogens is 312 g/mol. The molecule has 94 valence electrons. The van der Waals surface area contributed by atoms with E-state index in [1.165, 1.54) is 0 Å². The molecule has 0 saturated carbocycles. The third kappa shape index (κ3) is 3.14. The maximum atomic E-state index is 9.59. The van der Waals surface area contributed by atoms with Crippen molar-refractivity contribution in [1.29, 1.82) is 0 Å². The predicted octanol–water partition coefficient (Wildman–Crippen LogP) is 4.42. The van der Waals surface area contributed by atoms with Gasteiger partial charge in [0.2, 0.25) is 0 Å². The minimum Gasteiger partial charge on any atom is -0.396 e. The summed E-state index contributed by atoms with van der Waals surface area (Å²) in [7, 11) is 0. The van der Waals surface area contributed by atoms with Gasteiger partial charge in [0, 0.05) is 15.4 Å². The lowest BCUT2D eigenvalue weighted by Crippen LogP contribution is -2.08. The monoisotopic (exact) mass is 324 g/mol. The van der Waals surface area contributed by atoms with Crippen LogP contribution in [0.2, 0.25) is 5.02 Å². The molecule has 18 heavy (non-hydrogen) atoms. The van der Waals surface area contributed by atoms with Crippen LogP contribution in [0.3, 0.4) is 0 Å². The fourth-order valence-electron chi connectivity index (χ4n) is 2.01. The summed E-state index contributed by atoms with van der Waals surface area (Å²) in [4.78, 5) is 0. The van der Waals surface area contributed by atoms with Crippen molar-refractivity contribution in [3.8, 4) is 0 Å². The number of rotatable bonds is 4. The van der Waals surface area contributed by atoms with Crippen molar-refractivity contribution in [3.63, 3.8) is 0 Å². The molecule has 0 aliphatic heterocycles. The van der Waals surface area contributed by atoms with Crippen molar-refractivity contribution < 1.29 is 5.11 Å². The van der Waals surface area contributed by atoms with Gasteiger partial charge in [-0.2, -0.15) is 0 Å². The molecule has 0 fully saturated rings. The second-order valence-corrected chi connectivity index (χ2v) is 5.46. The number of aliphatic hydroxyl groups is 1. The molecule has 0 radical (unpaired) electrons. The van der Waals surface area contributed by atoms with E-state index in [0.29, 0.717) is 0 Å². The molecule has 1 nitrogen and oxygen atoms in total.